The SMILES string of the molecule is N#CC1(O)CC1c1ccccc1. The summed E-state index contributed by atoms with van der Waals surface area (Å²) >= 11 is 0. The van der Waals surface area contributed by atoms with E-state index in [9.17, 15) is 5.11 Å². The van der Waals surface area contributed by atoms with Crippen molar-refractivity contribution in [3.63, 3.8) is 0 Å². The molecule has 2 heteroatoms. The van der Waals surface area contributed by atoms with Crippen molar-refractivity contribution in [3.05, 3.63) is 35.9 Å². The third kappa shape index (κ3) is 0.992. The summed E-state index contributed by atoms with van der Waals surface area (Å²) in [5, 5.41) is 18.1. The van der Waals surface area contributed by atoms with Crippen LogP contribution in [0.1, 0.15) is 17.9 Å². The molecule has 0 heterocycles. The summed E-state index contributed by atoms with van der Waals surface area (Å²) in [6, 6.07) is 11.6. The van der Waals surface area contributed by atoms with E-state index in [1.807, 2.05) is 36.4 Å². The molecule has 60 valence electrons. The van der Waals surface area contributed by atoms with Crippen LogP contribution < -0.4 is 0 Å². The van der Waals surface area contributed by atoms with Crippen molar-refractivity contribution in [2.75, 3.05) is 0 Å². The van der Waals surface area contributed by atoms with Gasteiger partial charge in [0.25, 0.3) is 0 Å². The Labute approximate surface area is 71.1 Å². The first-order valence-corrected chi connectivity index (χ1v) is 3.95. The van der Waals surface area contributed by atoms with Crippen molar-refractivity contribution in [1.29, 1.82) is 5.26 Å². The maximum absolute atomic E-state index is 9.49. The van der Waals surface area contributed by atoms with Crippen molar-refractivity contribution in [1.82, 2.24) is 0 Å². The minimum absolute atomic E-state index is 0.0312. The van der Waals surface area contributed by atoms with E-state index in [1.54, 1.807) is 0 Å². The average Bonchev–Trinajstić information content (AvgIpc) is 2.81. The number of benzene rings is 1. The molecular weight excluding hydrogens is 150 g/mol. The molecular formula is C10H9NO. The van der Waals surface area contributed by atoms with Gasteiger partial charge in [0.1, 0.15) is 0 Å². The lowest BCUT2D eigenvalue weighted by Gasteiger charge is -1.99. The number of aliphatic hydroxyl groups is 1. The lowest BCUT2D eigenvalue weighted by Crippen LogP contribution is -2.05. The highest BCUT2D eigenvalue weighted by atomic mass is 16.3. The molecule has 1 aromatic rings. The van der Waals surface area contributed by atoms with E-state index in [0.29, 0.717) is 6.42 Å². The minimum atomic E-state index is -1.08. The largest absolute Gasteiger partial charge is 0.375 e. The Kier molecular flexibility index (Phi) is 1.42. The molecule has 1 aliphatic carbocycles. The molecule has 0 bridgehead atoms. The van der Waals surface area contributed by atoms with E-state index < -0.39 is 5.60 Å². The predicted octanol–water partition coefficient (Wildman–Crippen LogP) is 1.43. The van der Waals surface area contributed by atoms with Gasteiger partial charge < -0.3 is 5.11 Å². The second-order valence-electron chi connectivity index (χ2n) is 3.20. The number of hydrogen-bond donors (Lipinski definition) is 1. The van der Waals surface area contributed by atoms with Crippen LogP contribution in [0.2, 0.25) is 0 Å². The van der Waals surface area contributed by atoms with Crippen molar-refractivity contribution >= 4 is 0 Å². The van der Waals surface area contributed by atoms with E-state index in [0.717, 1.165) is 5.56 Å². The van der Waals surface area contributed by atoms with Crippen molar-refractivity contribution < 1.29 is 5.11 Å². The van der Waals surface area contributed by atoms with Crippen LogP contribution in [0.5, 0.6) is 0 Å². The highest BCUT2D eigenvalue weighted by Crippen LogP contribution is 2.50. The van der Waals surface area contributed by atoms with Gasteiger partial charge in [0.2, 0.25) is 0 Å². The van der Waals surface area contributed by atoms with Crippen LogP contribution in [0.15, 0.2) is 30.3 Å². The molecule has 1 aliphatic rings. The van der Waals surface area contributed by atoms with Gasteiger partial charge in [-0.05, 0) is 5.56 Å². The summed E-state index contributed by atoms with van der Waals surface area (Å²) in [6.07, 6.45) is 0.577. The molecule has 2 nitrogen and oxygen atoms in total. The molecule has 2 rings (SSSR count). The summed E-state index contributed by atoms with van der Waals surface area (Å²) < 4.78 is 0. The van der Waals surface area contributed by atoms with Crippen molar-refractivity contribution in [2.45, 2.75) is 17.9 Å². The number of rotatable bonds is 1. The first kappa shape index (κ1) is 7.33. The smallest absolute Gasteiger partial charge is 0.158 e. The Balaban J connectivity index is 2.23. The van der Waals surface area contributed by atoms with Crippen LogP contribution in [0, 0.1) is 11.3 Å². The third-order valence-corrected chi connectivity index (χ3v) is 2.33. The molecule has 0 aromatic heterocycles. The fraction of sp³-hybridized carbons (Fsp3) is 0.300. The summed E-state index contributed by atoms with van der Waals surface area (Å²) in [4.78, 5) is 0. The third-order valence-electron chi connectivity index (χ3n) is 2.33. The van der Waals surface area contributed by atoms with Gasteiger partial charge in [-0.15, -0.1) is 0 Å². The van der Waals surface area contributed by atoms with Gasteiger partial charge in [-0.2, -0.15) is 5.26 Å². The van der Waals surface area contributed by atoms with Crippen LogP contribution in [0.25, 0.3) is 0 Å². The fourth-order valence-corrected chi connectivity index (χ4v) is 1.45. The van der Waals surface area contributed by atoms with Crippen LogP contribution in [0.4, 0.5) is 0 Å². The van der Waals surface area contributed by atoms with E-state index in [4.69, 9.17) is 5.26 Å². The normalized spacial score (nSPS) is 32.5. The minimum Gasteiger partial charge on any atom is -0.375 e. The molecule has 1 saturated carbocycles. The molecule has 0 spiro atoms. The Hall–Kier alpha value is -1.33. The van der Waals surface area contributed by atoms with Crippen LogP contribution in [-0.4, -0.2) is 10.7 Å². The van der Waals surface area contributed by atoms with Gasteiger partial charge in [0.05, 0.1) is 6.07 Å². The second-order valence-corrected chi connectivity index (χ2v) is 3.20. The maximum Gasteiger partial charge on any atom is 0.158 e. The van der Waals surface area contributed by atoms with E-state index in [2.05, 4.69) is 0 Å². The van der Waals surface area contributed by atoms with Gasteiger partial charge in [0.15, 0.2) is 5.60 Å². The molecule has 2 unspecified atom stereocenters. The number of nitrogens with zero attached hydrogens (tertiary/aromatic N) is 1. The first-order valence-electron chi connectivity index (χ1n) is 3.95. The number of nitriles is 1. The Morgan fingerprint density at radius 2 is 2.08 bits per heavy atom. The Bertz CT molecular complexity index is 327. The average molecular weight is 159 g/mol. The second kappa shape index (κ2) is 2.33. The fourth-order valence-electron chi connectivity index (χ4n) is 1.45. The van der Waals surface area contributed by atoms with Crippen molar-refractivity contribution in [3.8, 4) is 6.07 Å². The van der Waals surface area contributed by atoms with E-state index in [-0.39, 0.29) is 5.92 Å². The predicted molar refractivity (Wildman–Crippen MR) is 44.4 cm³/mol. The molecule has 0 radical (unpaired) electrons. The summed E-state index contributed by atoms with van der Waals surface area (Å²) in [6.45, 7) is 0. The molecule has 2 atom stereocenters. The van der Waals surface area contributed by atoms with Gasteiger partial charge in [0, 0.05) is 12.3 Å². The van der Waals surface area contributed by atoms with Crippen LogP contribution >= 0.6 is 0 Å². The molecule has 0 aliphatic heterocycles. The Morgan fingerprint density at radius 3 is 2.58 bits per heavy atom. The molecule has 0 amide bonds. The highest BCUT2D eigenvalue weighted by Gasteiger charge is 2.54. The lowest BCUT2D eigenvalue weighted by atomic mass is 10.1. The monoisotopic (exact) mass is 159 g/mol. The van der Waals surface area contributed by atoms with E-state index in [1.165, 1.54) is 0 Å². The maximum atomic E-state index is 9.49. The molecule has 1 N–H and O–H groups in total. The van der Waals surface area contributed by atoms with E-state index >= 15 is 0 Å². The van der Waals surface area contributed by atoms with Crippen LogP contribution in [-0.2, 0) is 0 Å². The van der Waals surface area contributed by atoms with Gasteiger partial charge in [-0.25, -0.2) is 0 Å². The summed E-state index contributed by atoms with van der Waals surface area (Å²) in [5.74, 6) is 0.0312. The van der Waals surface area contributed by atoms with Gasteiger partial charge in [-0.3, -0.25) is 0 Å². The quantitative estimate of drug-likeness (QED) is 0.630. The Morgan fingerprint density at radius 1 is 1.42 bits per heavy atom. The molecule has 1 fully saturated rings. The zero-order chi connectivity index (χ0) is 8.60. The number of hydrogen-bond acceptors (Lipinski definition) is 2. The van der Waals surface area contributed by atoms with Gasteiger partial charge >= 0.3 is 0 Å². The molecule has 1 aromatic carbocycles. The topological polar surface area (TPSA) is 44.0 Å². The zero-order valence-corrected chi connectivity index (χ0v) is 6.57. The lowest BCUT2D eigenvalue weighted by molar-refractivity contribution is 0.202. The summed E-state index contributed by atoms with van der Waals surface area (Å²) in [7, 11) is 0. The molecule has 12 heavy (non-hydrogen) atoms. The molecule has 0 saturated heterocycles. The summed E-state index contributed by atoms with van der Waals surface area (Å²) in [5.41, 5.74) is -0.0250. The van der Waals surface area contributed by atoms with Gasteiger partial charge in [-0.1, -0.05) is 30.3 Å². The first-order chi connectivity index (χ1) is 5.76. The van der Waals surface area contributed by atoms with Crippen LogP contribution in [0.3, 0.4) is 0 Å². The van der Waals surface area contributed by atoms with Crippen molar-refractivity contribution in [2.24, 2.45) is 0 Å². The zero-order valence-electron chi connectivity index (χ0n) is 6.57. The highest BCUT2D eigenvalue weighted by molar-refractivity contribution is 5.36. The standard InChI is InChI=1S/C10H9NO/c11-7-10(12)6-9(10)8-4-2-1-3-5-8/h1-5,9,12H,6H2.